The van der Waals surface area contributed by atoms with E-state index in [9.17, 15) is 13.2 Å². The molecule has 1 amide bonds. The number of carbonyl (C=O) groups excluding carboxylic acids is 1. The van der Waals surface area contributed by atoms with Gasteiger partial charge in [0.25, 0.3) is 0 Å². The third kappa shape index (κ3) is 4.85. The van der Waals surface area contributed by atoms with Gasteiger partial charge in [-0.25, -0.2) is 0 Å². The van der Waals surface area contributed by atoms with Gasteiger partial charge in [0.1, 0.15) is 10.6 Å². The molecule has 0 spiro atoms. The molecule has 1 fully saturated rings. The number of fused-ring (bicyclic) bond motifs is 2. The van der Waals surface area contributed by atoms with Crippen LogP contribution in [0.15, 0.2) is 95.9 Å². The topological polar surface area (TPSA) is 78.9 Å². The van der Waals surface area contributed by atoms with Crippen LogP contribution in [0.2, 0.25) is 0 Å². The van der Waals surface area contributed by atoms with Gasteiger partial charge < -0.3 is 19.3 Å². The number of benzene rings is 4. The zero-order valence-corrected chi connectivity index (χ0v) is 21.7. The van der Waals surface area contributed by atoms with Crippen LogP contribution < -0.4 is 14.4 Å². The predicted molar refractivity (Wildman–Crippen MR) is 148 cm³/mol. The lowest BCUT2D eigenvalue weighted by Crippen LogP contribution is -2.55. The first-order valence-corrected chi connectivity index (χ1v) is 14.2. The van der Waals surface area contributed by atoms with E-state index in [1.54, 1.807) is 30.3 Å². The molecule has 2 aliphatic rings. The van der Waals surface area contributed by atoms with Gasteiger partial charge in [-0.15, -0.1) is 0 Å². The monoisotopic (exact) mass is 527 g/mol. The van der Waals surface area contributed by atoms with Crippen LogP contribution in [-0.2, 0) is 27.9 Å². The second kappa shape index (κ2) is 10.1. The zero-order chi connectivity index (χ0) is 26.1. The molecule has 1 N–H and O–H groups in total. The molecule has 4 aromatic carbocycles. The third-order valence-electron chi connectivity index (χ3n) is 7.38. The van der Waals surface area contributed by atoms with Crippen molar-refractivity contribution in [1.29, 1.82) is 0 Å². The smallest absolute Gasteiger partial charge is 0.339 e. The van der Waals surface area contributed by atoms with E-state index < -0.39 is 10.1 Å². The normalized spacial score (nSPS) is 17.7. The summed E-state index contributed by atoms with van der Waals surface area (Å²) in [6.07, 6.45) is 0.559. The van der Waals surface area contributed by atoms with E-state index in [1.165, 1.54) is 5.69 Å². The molecule has 1 atom stereocenters. The molecule has 38 heavy (non-hydrogen) atoms. The number of anilines is 1. The Morgan fingerprint density at radius 1 is 0.816 bits per heavy atom. The van der Waals surface area contributed by atoms with Crippen molar-refractivity contribution in [2.45, 2.75) is 23.9 Å². The minimum absolute atomic E-state index is 0.113. The van der Waals surface area contributed by atoms with Crippen molar-refractivity contribution >= 4 is 32.5 Å². The molecule has 6 rings (SSSR count). The Labute approximate surface area is 222 Å². The van der Waals surface area contributed by atoms with Gasteiger partial charge in [-0.2, -0.15) is 8.42 Å². The second-order valence-electron chi connectivity index (χ2n) is 9.73. The highest BCUT2D eigenvalue weighted by atomic mass is 32.2. The number of nitrogens with one attached hydrogen (secondary N) is 1. The molecule has 0 aromatic heterocycles. The van der Waals surface area contributed by atoms with Crippen molar-refractivity contribution in [3.05, 3.63) is 102 Å². The van der Waals surface area contributed by atoms with Crippen molar-refractivity contribution in [3.63, 3.8) is 0 Å². The molecule has 0 aliphatic carbocycles. The summed E-state index contributed by atoms with van der Waals surface area (Å²) in [5.41, 5.74) is 3.15. The lowest BCUT2D eigenvalue weighted by molar-refractivity contribution is -0.134. The quantitative estimate of drug-likeness (QED) is 0.396. The number of hydrogen-bond donors (Lipinski definition) is 1. The van der Waals surface area contributed by atoms with Crippen LogP contribution in [-0.4, -0.2) is 51.4 Å². The van der Waals surface area contributed by atoms with Crippen LogP contribution in [0, 0.1) is 0 Å². The first-order valence-electron chi connectivity index (χ1n) is 12.8. The predicted octanol–water partition coefficient (Wildman–Crippen LogP) is 3.97. The number of rotatable bonds is 5. The summed E-state index contributed by atoms with van der Waals surface area (Å²) in [6, 6.07) is 27.8. The fraction of sp³-hybridized carbons (Fsp3) is 0.233. The molecule has 0 bridgehead atoms. The summed E-state index contributed by atoms with van der Waals surface area (Å²) in [5.74, 6) is 0.377. The first-order chi connectivity index (χ1) is 18.5. The summed E-state index contributed by atoms with van der Waals surface area (Å²) in [7, 11) is -4.02. The number of amides is 1. The molecule has 194 valence electrons. The SMILES string of the molecule is O=C([C@@H]1Cc2ccc(OS(=O)(=O)c3cccc4ccccc34)cc2CN1)N1CCN(c2ccccc2)CC1. The lowest BCUT2D eigenvalue weighted by Gasteiger charge is -2.38. The van der Waals surface area contributed by atoms with Gasteiger partial charge in [-0.1, -0.05) is 60.7 Å². The van der Waals surface area contributed by atoms with E-state index in [4.69, 9.17) is 4.18 Å². The molecule has 2 aliphatic heterocycles. The van der Waals surface area contributed by atoms with Crippen LogP contribution in [0.25, 0.3) is 10.8 Å². The maximum absolute atomic E-state index is 13.3. The fourth-order valence-electron chi connectivity index (χ4n) is 5.35. The van der Waals surface area contributed by atoms with Crippen LogP contribution in [0.1, 0.15) is 11.1 Å². The van der Waals surface area contributed by atoms with Gasteiger partial charge in [-0.05, 0) is 53.3 Å². The van der Waals surface area contributed by atoms with Crippen LogP contribution in [0.3, 0.4) is 0 Å². The zero-order valence-electron chi connectivity index (χ0n) is 20.9. The minimum Gasteiger partial charge on any atom is -0.379 e. The van der Waals surface area contributed by atoms with Gasteiger partial charge in [0.2, 0.25) is 5.91 Å². The lowest BCUT2D eigenvalue weighted by atomic mass is 9.94. The third-order valence-corrected chi connectivity index (χ3v) is 8.68. The number of piperazine rings is 1. The van der Waals surface area contributed by atoms with Gasteiger partial charge in [0.15, 0.2) is 0 Å². The van der Waals surface area contributed by atoms with E-state index in [1.807, 2.05) is 53.4 Å². The summed E-state index contributed by atoms with van der Waals surface area (Å²) in [4.78, 5) is 17.7. The standard InChI is InChI=1S/C30H29N3O4S/c34-30(33-17-15-32(16-18-33)25-9-2-1-3-10-25)28-20-23-13-14-26(19-24(23)21-31-28)37-38(35,36)29-12-6-8-22-7-4-5-11-27(22)29/h1-14,19,28,31H,15-18,20-21H2/t28-/m0/s1. The molecule has 4 aromatic rings. The molecule has 0 radical (unpaired) electrons. The number of carbonyl (C=O) groups is 1. The Hall–Kier alpha value is -3.88. The average molecular weight is 528 g/mol. The fourth-order valence-corrected chi connectivity index (χ4v) is 6.49. The largest absolute Gasteiger partial charge is 0.379 e. The number of hydrogen-bond acceptors (Lipinski definition) is 6. The summed E-state index contributed by atoms with van der Waals surface area (Å²) < 4.78 is 31.8. The van der Waals surface area contributed by atoms with E-state index in [0.717, 1.165) is 29.6 Å². The summed E-state index contributed by atoms with van der Waals surface area (Å²) in [5, 5.41) is 4.81. The highest BCUT2D eigenvalue weighted by Gasteiger charge is 2.30. The van der Waals surface area contributed by atoms with Crippen molar-refractivity contribution in [1.82, 2.24) is 10.2 Å². The Morgan fingerprint density at radius 3 is 2.37 bits per heavy atom. The Balaban J connectivity index is 1.11. The summed E-state index contributed by atoms with van der Waals surface area (Å²) >= 11 is 0. The Morgan fingerprint density at radius 2 is 1.55 bits per heavy atom. The van der Waals surface area contributed by atoms with Crippen LogP contribution in [0.4, 0.5) is 5.69 Å². The maximum Gasteiger partial charge on any atom is 0.339 e. The highest BCUT2D eigenvalue weighted by Crippen LogP contribution is 2.29. The van der Waals surface area contributed by atoms with Gasteiger partial charge in [0, 0.05) is 43.8 Å². The maximum atomic E-state index is 13.3. The molecule has 0 saturated carbocycles. The Kier molecular flexibility index (Phi) is 6.51. The number of nitrogens with zero attached hydrogens (tertiary/aromatic N) is 2. The molecule has 2 heterocycles. The van der Waals surface area contributed by atoms with E-state index in [0.29, 0.717) is 31.4 Å². The van der Waals surface area contributed by atoms with Crippen molar-refractivity contribution in [3.8, 4) is 5.75 Å². The molecular weight excluding hydrogens is 498 g/mol. The molecule has 0 unspecified atom stereocenters. The molecule has 7 nitrogen and oxygen atoms in total. The number of para-hydroxylation sites is 1. The molecule has 8 heteroatoms. The first kappa shape index (κ1) is 24.5. The van der Waals surface area contributed by atoms with E-state index >= 15 is 0 Å². The summed E-state index contributed by atoms with van der Waals surface area (Å²) in [6.45, 7) is 3.48. The van der Waals surface area contributed by atoms with Crippen molar-refractivity contribution in [2.24, 2.45) is 0 Å². The second-order valence-corrected chi connectivity index (χ2v) is 11.2. The van der Waals surface area contributed by atoms with Crippen LogP contribution in [0.5, 0.6) is 5.75 Å². The highest BCUT2D eigenvalue weighted by molar-refractivity contribution is 7.87. The molecular formula is C30H29N3O4S. The van der Waals surface area contributed by atoms with Crippen molar-refractivity contribution < 1.29 is 17.4 Å². The molecule has 1 saturated heterocycles. The van der Waals surface area contributed by atoms with Crippen LogP contribution >= 0.6 is 0 Å². The van der Waals surface area contributed by atoms with Gasteiger partial charge >= 0.3 is 10.1 Å². The van der Waals surface area contributed by atoms with Gasteiger partial charge in [-0.3, -0.25) is 4.79 Å². The van der Waals surface area contributed by atoms with Gasteiger partial charge in [0.05, 0.1) is 6.04 Å². The van der Waals surface area contributed by atoms with E-state index in [-0.39, 0.29) is 22.6 Å². The van der Waals surface area contributed by atoms with Crippen molar-refractivity contribution in [2.75, 3.05) is 31.1 Å². The van der Waals surface area contributed by atoms with E-state index in [2.05, 4.69) is 22.3 Å². The minimum atomic E-state index is -4.02. The Bertz CT molecular complexity index is 1580. The average Bonchev–Trinajstić information content (AvgIpc) is 2.96.